The van der Waals surface area contributed by atoms with Crippen molar-refractivity contribution in [1.82, 2.24) is 37.2 Å². The molecule has 0 aliphatic heterocycles. The Balaban J connectivity index is 2.44. The predicted molar refractivity (Wildman–Crippen MR) is 258 cm³/mol. The standard InChI is InChI=1S/C48H72N10O12/c1-26(2)21-32(41(62)52-31(48(69)70)19-13-14-20-49)57-47(68)40(28(5)6)58-45(66)34(23-30-17-11-8-12-18-30)53-43(64)35(24-37(50)59)54-44(65)36(25-38(60)61)55-42(63)33(22-29-15-9-7-10-16-29)56-46(67)39(51)27(3)4/h7-12,15-18,26-28,31-36,39-40H,13-14,19-25,49,51H2,1-6H3,(H2,50,59)(H,52,62)(H,53,64)(H,54,65)(H,55,63)(H,56,67)(H,57,68)(H,58,66)(H,60,61)(H,69,70)/t31-,32-,33-,34-,35-,36-,39-,40-/m0/s1. The topological polar surface area (TPSA) is 373 Å². The van der Waals surface area contributed by atoms with E-state index in [0.717, 1.165) is 0 Å². The normalized spacial score (nSPS) is 14.6. The number of aliphatic carboxylic acids is 2. The van der Waals surface area contributed by atoms with Gasteiger partial charge in [-0.15, -0.1) is 0 Å². The Hall–Kier alpha value is -6.94. The fourth-order valence-electron chi connectivity index (χ4n) is 7.08. The summed E-state index contributed by atoms with van der Waals surface area (Å²) >= 11 is 0. The zero-order chi connectivity index (χ0) is 52.7. The van der Waals surface area contributed by atoms with Crippen LogP contribution in [-0.2, 0) is 60.8 Å². The van der Waals surface area contributed by atoms with E-state index in [0.29, 0.717) is 30.5 Å². The van der Waals surface area contributed by atoms with Crippen LogP contribution in [0.15, 0.2) is 60.7 Å². The molecule has 0 aliphatic carbocycles. The van der Waals surface area contributed by atoms with Gasteiger partial charge in [-0.05, 0) is 61.1 Å². The Bertz CT molecular complexity index is 2090. The van der Waals surface area contributed by atoms with Crippen molar-refractivity contribution in [3.63, 3.8) is 0 Å². The summed E-state index contributed by atoms with van der Waals surface area (Å²) in [6.45, 7) is 10.6. The zero-order valence-corrected chi connectivity index (χ0v) is 40.7. The number of nitrogens with two attached hydrogens (primary N) is 3. The SMILES string of the molecule is CC(C)C[C@H](NC(=O)[C@@H](NC(=O)[C@H](Cc1ccccc1)NC(=O)[C@H](CC(N)=O)NC(=O)[C@H](CC(=O)O)NC(=O)[C@H](Cc1ccccc1)NC(=O)[C@@H](N)C(C)C)C(C)C)C(=O)N[C@@H](CCCCN)C(=O)O. The number of carboxylic acid groups (broad SMARTS) is 2. The monoisotopic (exact) mass is 981 g/mol. The molecule has 0 fully saturated rings. The molecule has 0 unspecified atom stereocenters. The predicted octanol–water partition coefficient (Wildman–Crippen LogP) is -0.886. The van der Waals surface area contributed by atoms with Crippen molar-refractivity contribution in [2.45, 2.75) is 141 Å². The van der Waals surface area contributed by atoms with Gasteiger partial charge < -0.3 is 64.6 Å². The minimum atomic E-state index is -1.87. The first kappa shape index (κ1) is 59.2. The van der Waals surface area contributed by atoms with Gasteiger partial charge in [-0.2, -0.15) is 0 Å². The van der Waals surface area contributed by atoms with E-state index in [4.69, 9.17) is 17.2 Å². The van der Waals surface area contributed by atoms with Crippen LogP contribution in [0, 0.1) is 17.8 Å². The van der Waals surface area contributed by atoms with Crippen LogP contribution in [0.1, 0.15) is 91.2 Å². The third-order valence-electron chi connectivity index (χ3n) is 11.1. The van der Waals surface area contributed by atoms with Gasteiger partial charge in [0.2, 0.25) is 47.3 Å². The van der Waals surface area contributed by atoms with Gasteiger partial charge in [-0.3, -0.25) is 43.2 Å². The van der Waals surface area contributed by atoms with Crippen LogP contribution in [0.2, 0.25) is 0 Å². The number of primary amides is 1. The molecule has 0 saturated carbocycles. The molecule has 15 N–H and O–H groups in total. The number of rotatable bonds is 31. The van der Waals surface area contributed by atoms with Crippen molar-refractivity contribution in [1.29, 1.82) is 0 Å². The van der Waals surface area contributed by atoms with Gasteiger partial charge in [-0.1, -0.05) is 102 Å². The van der Waals surface area contributed by atoms with E-state index >= 15 is 0 Å². The molecule has 0 spiro atoms. The van der Waals surface area contributed by atoms with E-state index in [1.54, 1.807) is 102 Å². The van der Waals surface area contributed by atoms with Crippen LogP contribution in [0.5, 0.6) is 0 Å². The Morgan fingerprint density at radius 2 is 0.914 bits per heavy atom. The Labute approximate surface area is 408 Å². The van der Waals surface area contributed by atoms with Crippen LogP contribution >= 0.6 is 0 Å². The number of nitrogens with one attached hydrogen (secondary N) is 7. The van der Waals surface area contributed by atoms with Gasteiger partial charge in [0.25, 0.3) is 0 Å². The highest BCUT2D eigenvalue weighted by Gasteiger charge is 2.36. The smallest absolute Gasteiger partial charge is 0.326 e. The molecule has 0 saturated heterocycles. The summed E-state index contributed by atoms with van der Waals surface area (Å²) < 4.78 is 0. The number of carboxylic acids is 2. The molecule has 22 heteroatoms. The van der Waals surface area contributed by atoms with Crippen LogP contribution in [0.4, 0.5) is 0 Å². The summed E-state index contributed by atoms with van der Waals surface area (Å²) in [5, 5.41) is 37.0. The third kappa shape index (κ3) is 21.1. The molecule has 2 aromatic carbocycles. The number of carbonyl (C=O) groups excluding carboxylic acids is 8. The largest absolute Gasteiger partial charge is 0.481 e. The summed E-state index contributed by atoms with van der Waals surface area (Å²) in [5.41, 5.74) is 18.2. The number of carbonyl (C=O) groups is 10. The molecule has 8 amide bonds. The second-order valence-electron chi connectivity index (χ2n) is 18.3. The number of amides is 8. The van der Waals surface area contributed by atoms with Crippen molar-refractivity contribution >= 4 is 59.2 Å². The molecular weight excluding hydrogens is 909 g/mol. The van der Waals surface area contributed by atoms with E-state index in [1.807, 2.05) is 0 Å². The zero-order valence-electron chi connectivity index (χ0n) is 40.7. The summed E-state index contributed by atoms with van der Waals surface area (Å²) in [7, 11) is 0. The lowest BCUT2D eigenvalue weighted by molar-refractivity contribution is -0.142. The molecule has 0 radical (unpaired) electrons. The van der Waals surface area contributed by atoms with Crippen molar-refractivity contribution in [3.05, 3.63) is 71.8 Å². The highest BCUT2D eigenvalue weighted by atomic mass is 16.4. The molecule has 70 heavy (non-hydrogen) atoms. The van der Waals surface area contributed by atoms with Crippen molar-refractivity contribution < 1.29 is 58.2 Å². The molecule has 2 aromatic rings. The molecule has 386 valence electrons. The second-order valence-corrected chi connectivity index (χ2v) is 18.3. The fourth-order valence-corrected chi connectivity index (χ4v) is 7.08. The maximum Gasteiger partial charge on any atom is 0.326 e. The Kier molecular flexibility index (Phi) is 25.2. The first-order valence-electron chi connectivity index (χ1n) is 23.3. The molecule has 0 aliphatic rings. The minimum absolute atomic E-state index is 0.0847. The summed E-state index contributed by atoms with van der Waals surface area (Å²) in [4.78, 5) is 133. The van der Waals surface area contributed by atoms with Crippen molar-refractivity contribution in [3.8, 4) is 0 Å². The van der Waals surface area contributed by atoms with Gasteiger partial charge in [0.05, 0.1) is 18.9 Å². The number of benzene rings is 2. The third-order valence-corrected chi connectivity index (χ3v) is 11.1. The highest BCUT2D eigenvalue weighted by molar-refractivity contribution is 5.99. The highest BCUT2D eigenvalue weighted by Crippen LogP contribution is 2.13. The molecule has 0 heterocycles. The second kappa shape index (κ2) is 29.8. The van der Waals surface area contributed by atoms with E-state index in [9.17, 15) is 58.2 Å². The summed E-state index contributed by atoms with van der Waals surface area (Å²) in [6.07, 6.45) is -0.942. The lowest BCUT2D eigenvalue weighted by Crippen LogP contribution is -2.61. The molecule has 0 aromatic heterocycles. The lowest BCUT2D eigenvalue weighted by atomic mass is 9.98. The maximum absolute atomic E-state index is 14.2. The van der Waals surface area contributed by atoms with Gasteiger partial charge in [-0.25, -0.2) is 4.79 Å². The first-order valence-corrected chi connectivity index (χ1v) is 23.3. The van der Waals surface area contributed by atoms with Gasteiger partial charge in [0, 0.05) is 12.8 Å². The first-order chi connectivity index (χ1) is 32.9. The summed E-state index contributed by atoms with van der Waals surface area (Å²) in [5.74, 6) is -11.4. The van der Waals surface area contributed by atoms with E-state index in [1.165, 1.54) is 0 Å². The van der Waals surface area contributed by atoms with Crippen LogP contribution in [0.25, 0.3) is 0 Å². The van der Waals surface area contributed by atoms with E-state index in [2.05, 4.69) is 37.2 Å². The molecule has 2 rings (SSSR count). The maximum atomic E-state index is 14.2. The molecular formula is C48H72N10O12. The van der Waals surface area contributed by atoms with Gasteiger partial charge >= 0.3 is 11.9 Å². The van der Waals surface area contributed by atoms with Crippen molar-refractivity contribution in [2.24, 2.45) is 35.0 Å². The van der Waals surface area contributed by atoms with E-state index < -0.39 is 126 Å². The van der Waals surface area contributed by atoms with Crippen LogP contribution < -0.4 is 54.4 Å². The molecule has 8 atom stereocenters. The van der Waals surface area contributed by atoms with Gasteiger partial charge in [0.1, 0.15) is 42.3 Å². The molecule has 0 bridgehead atoms. The molecule has 22 nitrogen and oxygen atoms in total. The summed E-state index contributed by atoms with van der Waals surface area (Å²) in [6, 6.07) is 5.53. The number of hydrogen-bond acceptors (Lipinski definition) is 12. The van der Waals surface area contributed by atoms with Crippen LogP contribution in [-0.4, -0.2) is 124 Å². The Morgan fingerprint density at radius 1 is 0.500 bits per heavy atom. The van der Waals surface area contributed by atoms with Crippen LogP contribution in [0.3, 0.4) is 0 Å². The minimum Gasteiger partial charge on any atom is -0.481 e. The average molecular weight is 981 g/mol. The van der Waals surface area contributed by atoms with Gasteiger partial charge in [0.15, 0.2) is 0 Å². The lowest BCUT2D eigenvalue weighted by Gasteiger charge is -2.29. The number of hydrogen-bond donors (Lipinski definition) is 12. The van der Waals surface area contributed by atoms with Crippen molar-refractivity contribution in [2.75, 3.05) is 6.54 Å². The number of unbranched alkanes of at least 4 members (excludes halogenated alkanes) is 1. The Morgan fingerprint density at radius 3 is 1.34 bits per heavy atom. The fraction of sp³-hybridized carbons (Fsp3) is 0.542. The van der Waals surface area contributed by atoms with E-state index in [-0.39, 0.29) is 37.5 Å². The quantitative estimate of drug-likeness (QED) is 0.0408. The average Bonchev–Trinajstić information content (AvgIpc) is 3.28.